The molecule has 1 aromatic carbocycles. The Hall–Kier alpha value is -5.06. The van der Waals surface area contributed by atoms with Crippen molar-refractivity contribution in [3.05, 3.63) is 101 Å². The maximum absolute atomic E-state index is 13.6. The van der Waals surface area contributed by atoms with Gasteiger partial charge in [0.15, 0.2) is 5.96 Å². The van der Waals surface area contributed by atoms with E-state index < -0.39 is 23.8 Å². The number of carboxylic acids is 1. The van der Waals surface area contributed by atoms with E-state index in [1.807, 2.05) is 12.1 Å². The quantitative estimate of drug-likeness (QED) is 0.412. The molecule has 2 amide bonds. The summed E-state index contributed by atoms with van der Waals surface area (Å²) in [6.07, 6.45) is 13.6. The largest absolute Gasteiger partial charge is 0.481 e. The molecule has 40 heavy (non-hydrogen) atoms. The summed E-state index contributed by atoms with van der Waals surface area (Å²) in [6, 6.07) is 6.35. The molecule has 5 aliphatic rings. The highest BCUT2D eigenvalue weighted by molar-refractivity contribution is 5.99. The standard InChI is InChI=1S/C29H27N5O6/c35-26(36)13-24(21-5-2-6-25-23(21)15-39-16-40-25)34-14-18-7-8-20(12-22(18)28(34)38)32-27(37)17-3-1-4-19(11-17)33-29-30-9-10-31-29/h1-8,11-12,14-15,21-22,24H,9-10,13,16H2,(H,32,37)(H,35,36)(H2,30,31,33). The number of nitrogens with zero attached hydrogens (tertiary/aromatic N) is 2. The Morgan fingerprint density at radius 1 is 1.27 bits per heavy atom. The number of hydrogen-bond donors (Lipinski definition) is 4. The summed E-state index contributed by atoms with van der Waals surface area (Å²) in [7, 11) is 0. The van der Waals surface area contributed by atoms with E-state index in [0.717, 1.165) is 17.8 Å². The predicted octanol–water partition coefficient (Wildman–Crippen LogP) is 2.38. The number of carbonyl (C=O) groups is 3. The molecule has 3 aliphatic heterocycles. The van der Waals surface area contributed by atoms with Crippen molar-refractivity contribution in [2.75, 3.05) is 25.2 Å². The second kappa shape index (κ2) is 10.6. The van der Waals surface area contributed by atoms with Crippen LogP contribution in [0.25, 0.3) is 0 Å². The molecular formula is C29H27N5O6. The van der Waals surface area contributed by atoms with Gasteiger partial charge < -0.3 is 35.4 Å². The minimum Gasteiger partial charge on any atom is -0.481 e. The summed E-state index contributed by atoms with van der Waals surface area (Å²) >= 11 is 0. The van der Waals surface area contributed by atoms with Crippen molar-refractivity contribution in [3.8, 4) is 0 Å². The predicted molar refractivity (Wildman–Crippen MR) is 145 cm³/mol. The van der Waals surface area contributed by atoms with E-state index >= 15 is 0 Å². The van der Waals surface area contributed by atoms with E-state index in [4.69, 9.17) is 9.47 Å². The van der Waals surface area contributed by atoms with Crippen LogP contribution in [0.3, 0.4) is 0 Å². The number of aliphatic imine (C=N–C) groups is 1. The topological polar surface area (TPSA) is 142 Å². The van der Waals surface area contributed by atoms with Crippen molar-refractivity contribution in [2.45, 2.75) is 12.5 Å². The summed E-state index contributed by atoms with van der Waals surface area (Å²) in [5.41, 5.74) is 3.06. The number of carbonyl (C=O) groups excluding carboxylic acids is 2. The number of amides is 2. The first-order chi connectivity index (χ1) is 19.5. The maximum atomic E-state index is 13.6. The summed E-state index contributed by atoms with van der Waals surface area (Å²) < 4.78 is 10.9. The summed E-state index contributed by atoms with van der Waals surface area (Å²) in [5.74, 6) is -1.44. The highest BCUT2D eigenvalue weighted by Crippen LogP contribution is 2.39. The van der Waals surface area contributed by atoms with Gasteiger partial charge in [0.05, 0.1) is 31.2 Å². The molecule has 0 saturated carbocycles. The third kappa shape index (κ3) is 5.00. The lowest BCUT2D eigenvalue weighted by molar-refractivity contribution is -0.140. The zero-order valence-electron chi connectivity index (χ0n) is 21.4. The lowest BCUT2D eigenvalue weighted by Crippen LogP contribution is -2.43. The van der Waals surface area contributed by atoms with Crippen LogP contribution in [0.2, 0.25) is 0 Å². The van der Waals surface area contributed by atoms with Gasteiger partial charge in [-0.1, -0.05) is 24.3 Å². The molecule has 0 spiro atoms. The van der Waals surface area contributed by atoms with E-state index in [9.17, 15) is 19.5 Å². The summed E-state index contributed by atoms with van der Waals surface area (Å²) in [4.78, 5) is 44.3. The Balaban J connectivity index is 1.18. The number of aliphatic carboxylic acids is 1. The van der Waals surface area contributed by atoms with Crippen molar-refractivity contribution in [1.29, 1.82) is 0 Å². The molecule has 1 aromatic rings. The second-order valence-corrected chi connectivity index (χ2v) is 9.73. The molecule has 0 radical (unpaired) electrons. The monoisotopic (exact) mass is 541 g/mol. The Morgan fingerprint density at radius 2 is 2.17 bits per heavy atom. The van der Waals surface area contributed by atoms with Gasteiger partial charge in [-0.05, 0) is 42.0 Å². The molecule has 204 valence electrons. The average Bonchev–Trinajstić information content (AvgIpc) is 3.59. The van der Waals surface area contributed by atoms with Crippen LogP contribution in [-0.2, 0) is 19.1 Å². The summed E-state index contributed by atoms with van der Waals surface area (Å²) in [6.45, 7) is 1.54. The number of ether oxygens (including phenoxy) is 2. The number of fused-ring (bicyclic) bond motifs is 2. The molecule has 3 unspecified atom stereocenters. The smallest absolute Gasteiger partial charge is 0.305 e. The molecule has 2 aliphatic carbocycles. The van der Waals surface area contributed by atoms with Crippen LogP contribution in [0.15, 0.2) is 101 Å². The first-order valence-corrected chi connectivity index (χ1v) is 12.9. The van der Waals surface area contributed by atoms with Gasteiger partial charge in [0.25, 0.3) is 5.91 Å². The first-order valence-electron chi connectivity index (χ1n) is 12.9. The molecule has 11 nitrogen and oxygen atoms in total. The van der Waals surface area contributed by atoms with Crippen molar-refractivity contribution in [3.63, 3.8) is 0 Å². The third-order valence-corrected chi connectivity index (χ3v) is 7.15. The normalized spacial score (nSPS) is 23.1. The lowest BCUT2D eigenvalue weighted by Gasteiger charge is -2.35. The van der Waals surface area contributed by atoms with Gasteiger partial charge in [0.1, 0.15) is 5.76 Å². The number of guanidine groups is 1. The fraction of sp³-hybridized carbons (Fsp3) is 0.241. The number of nitrogens with one attached hydrogen (secondary N) is 3. The van der Waals surface area contributed by atoms with Gasteiger partial charge in [-0.15, -0.1) is 0 Å². The molecule has 4 N–H and O–H groups in total. The van der Waals surface area contributed by atoms with Crippen molar-refractivity contribution < 1.29 is 29.0 Å². The fourth-order valence-corrected chi connectivity index (χ4v) is 5.27. The number of hydrogen-bond acceptors (Lipinski definition) is 8. The number of rotatable bonds is 7. The van der Waals surface area contributed by atoms with E-state index in [-0.39, 0.29) is 25.0 Å². The Bertz CT molecular complexity index is 1480. The zero-order chi connectivity index (χ0) is 27.6. The van der Waals surface area contributed by atoms with Crippen LogP contribution < -0.4 is 16.0 Å². The lowest BCUT2D eigenvalue weighted by atomic mass is 9.84. The van der Waals surface area contributed by atoms with Gasteiger partial charge in [0, 0.05) is 41.2 Å². The van der Waals surface area contributed by atoms with E-state index in [1.165, 1.54) is 4.90 Å². The number of allylic oxidation sites excluding steroid dienone is 5. The van der Waals surface area contributed by atoms with Gasteiger partial charge in [-0.25, -0.2) is 0 Å². The zero-order valence-corrected chi connectivity index (χ0v) is 21.4. The third-order valence-electron chi connectivity index (χ3n) is 7.15. The van der Waals surface area contributed by atoms with Crippen LogP contribution in [0.1, 0.15) is 16.8 Å². The molecule has 11 heteroatoms. The second-order valence-electron chi connectivity index (χ2n) is 9.73. The minimum absolute atomic E-state index is 0.0751. The van der Waals surface area contributed by atoms with Crippen molar-refractivity contribution >= 4 is 29.4 Å². The Labute approximate surface area is 229 Å². The van der Waals surface area contributed by atoms with Crippen LogP contribution in [0.4, 0.5) is 5.69 Å². The molecule has 3 atom stereocenters. The van der Waals surface area contributed by atoms with Gasteiger partial charge >= 0.3 is 5.97 Å². The number of anilines is 1. The van der Waals surface area contributed by atoms with Crippen LogP contribution in [-0.4, -0.2) is 59.7 Å². The Kier molecular flexibility index (Phi) is 6.69. The van der Waals surface area contributed by atoms with Crippen LogP contribution >= 0.6 is 0 Å². The van der Waals surface area contributed by atoms with E-state index in [0.29, 0.717) is 35.1 Å². The molecule has 6 rings (SSSR count). The fourth-order valence-electron chi connectivity index (χ4n) is 5.27. The van der Waals surface area contributed by atoms with Crippen LogP contribution in [0.5, 0.6) is 0 Å². The maximum Gasteiger partial charge on any atom is 0.305 e. The van der Waals surface area contributed by atoms with Gasteiger partial charge in [0.2, 0.25) is 12.7 Å². The highest BCUT2D eigenvalue weighted by atomic mass is 16.7. The minimum atomic E-state index is -1.03. The number of carboxylic acid groups (broad SMARTS) is 1. The molecule has 0 bridgehead atoms. The van der Waals surface area contributed by atoms with E-state index in [2.05, 4.69) is 20.9 Å². The van der Waals surface area contributed by atoms with Crippen molar-refractivity contribution in [1.82, 2.24) is 15.5 Å². The molecule has 0 fully saturated rings. The summed E-state index contributed by atoms with van der Waals surface area (Å²) in [5, 5.41) is 18.8. The molecule has 0 aromatic heterocycles. The SMILES string of the molecule is O=C(O)CC(C1C=CC=C2OCOC=C21)N1C=C2C=CC(NC(=O)c3cccc(NC4=NCCN4)c3)=CC2C1=O. The molecule has 3 heterocycles. The molecule has 0 saturated heterocycles. The van der Waals surface area contributed by atoms with Gasteiger partial charge in [-0.2, -0.15) is 0 Å². The Morgan fingerprint density at radius 3 is 3.00 bits per heavy atom. The first kappa shape index (κ1) is 25.2. The average molecular weight is 542 g/mol. The molecular weight excluding hydrogens is 514 g/mol. The highest BCUT2D eigenvalue weighted by Gasteiger charge is 2.42. The van der Waals surface area contributed by atoms with Crippen molar-refractivity contribution in [2.24, 2.45) is 16.8 Å². The van der Waals surface area contributed by atoms with Gasteiger partial charge in [-0.3, -0.25) is 19.4 Å². The van der Waals surface area contributed by atoms with E-state index in [1.54, 1.807) is 61.0 Å². The number of benzene rings is 1. The van der Waals surface area contributed by atoms with Crippen LogP contribution in [0, 0.1) is 11.8 Å².